The number of halogens is 1. The van der Waals surface area contributed by atoms with Gasteiger partial charge in [0.2, 0.25) is 5.95 Å². The van der Waals surface area contributed by atoms with E-state index in [2.05, 4.69) is 25.6 Å². The molecule has 2 heterocycles. The number of aromatic amines is 1. The molecule has 2 aromatic heterocycles. The van der Waals surface area contributed by atoms with Gasteiger partial charge in [0, 0.05) is 18.9 Å². The summed E-state index contributed by atoms with van der Waals surface area (Å²) in [6.45, 7) is 0. The Morgan fingerprint density at radius 2 is 2.17 bits per heavy atom. The molecule has 0 saturated heterocycles. The van der Waals surface area contributed by atoms with E-state index in [1.807, 2.05) is 25.3 Å². The summed E-state index contributed by atoms with van der Waals surface area (Å²) in [7, 11) is 1.82. The van der Waals surface area contributed by atoms with E-state index in [1.165, 1.54) is 0 Å². The Morgan fingerprint density at radius 1 is 1.29 bits per heavy atom. The zero-order valence-electron chi connectivity index (χ0n) is 12.9. The van der Waals surface area contributed by atoms with E-state index in [-0.39, 0.29) is 0 Å². The Hall–Kier alpha value is -2.80. The molecule has 0 radical (unpaired) electrons. The summed E-state index contributed by atoms with van der Waals surface area (Å²) in [5, 5.41) is 25.4. The van der Waals surface area contributed by atoms with E-state index in [0.717, 1.165) is 22.2 Å². The van der Waals surface area contributed by atoms with Crippen LogP contribution >= 0.6 is 11.6 Å². The standard InChI is InChI=1S/C16H15ClN6O/c1-23-16(20-15(22-23)9-2-4-10(24)5-3-9)19-13-7-6-12-11(14(13)17)8-18-21-12/h2,4,6-8,24H,3,5H2,1H3,(H,18,21)(H,19,20,22). The maximum absolute atomic E-state index is 9.46. The van der Waals surface area contributed by atoms with Crippen LogP contribution in [0.1, 0.15) is 18.7 Å². The first-order chi connectivity index (χ1) is 11.6. The van der Waals surface area contributed by atoms with E-state index in [0.29, 0.717) is 35.4 Å². The summed E-state index contributed by atoms with van der Waals surface area (Å²) >= 11 is 6.43. The smallest absolute Gasteiger partial charge is 0.225 e. The number of rotatable bonds is 3. The van der Waals surface area contributed by atoms with Gasteiger partial charge in [-0.25, -0.2) is 4.68 Å². The number of H-pyrrole nitrogens is 1. The van der Waals surface area contributed by atoms with E-state index in [9.17, 15) is 5.11 Å². The van der Waals surface area contributed by atoms with Gasteiger partial charge in [0.15, 0.2) is 5.82 Å². The van der Waals surface area contributed by atoms with Gasteiger partial charge < -0.3 is 10.4 Å². The average Bonchev–Trinajstić information content (AvgIpc) is 3.18. The number of hydrogen-bond donors (Lipinski definition) is 3. The van der Waals surface area contributed by atoms with Crippen molar-refractivity contribution in [1.29, 1.82) is 0 Å². The van der Waals surface area contributed by atoms with Crippen LogP contribution in [-0.2, 0) is 7.05 Å². The van der Waals surface area contributed by atoms with Crippen LogP contribution in [0.2, 0.25) is 5.02 Å². The normalized spacial score (nSPS) is 14.6. The minimum absolute atomic E-state index is 0.383. The zero-order chi connectivity index (χ0) is 16.7. The number of aromatic nitrogens is 5. The molecule has 4 rings (SSSR count). The number of nitrogens with zero attached hydrogens (tertiary/aromatic N) is 4. The number of hydrogen-bond acceptors (Lipinski definition) is 5. The second-order valence-corrected chi connectivity index (χ2v) is 5.99. The van der Waals surface area contributed by atoms with Gasteiger partial charge in [-0.1, -0.05) is 17.7 Å². The maximum Gasteiger partial charge on any atom is 0.225 e. The summed E-state index contributed by atoms with van der Waals surface area (Å²) in [6, 6.07) is 3.78. The third-order valence-electron chi connectivity index (χ3n) is 3.98. The highest BCUT2D eigenvalue weighted by atomic mass is 35.5. The van der Waals surface area contributed by atoms with Crippen molar-refractivity contribution in [1.82, 2.24) is 25.0 Å². The molecule has 1 aliphatic carbocycles. The fourth-order valence-corrected chi connectivity index (χ4v) is 2.90. The molecular weight excluding hydrogens is 328 g/mol. The lowest BCUT2D eigenvalue weighted by atomic mass is 10.0. The van der Waals surface area contributed by atoms with Crippen molar-refractivity contribution in [3.05, 3.63) is 47.1 Å². The number of benzene rings is 1. The third-order valence-corrected chi connectivity index (χ3v) is 4.39. The molecule has 8 heteroatoms. The summed E-state index contributed by atoms with van der Waals surface area (Å²) in [4.78, 5) is 4.54. The molecule has 0 spiro atoms. The Balaban J connectivity index is 1.66. The van der Waals surface area contributed by atoms with Gasteiger partial charge in [-0.15, -0.1) is 5.10 Å². The fraction of sp³-hybridized carbons (Fsp3) is 0.188. The predicted molar refractivity (Wildman–Crippen MR) is 93.3 cm³/mol. The summed E-state index contributed by atoms with van der Waals surface area (Å²) in [5.74, 6) is 1.62. The average molecular weight is 343 g/mol. The SMILES string of the molecule is Cn1nc(C2=CC=C(O)CC2)nc1Nc1ccc2[nH]ncc2c1Cl. The Kier molecular flexibility index (Phi) is 3.50. The molecule has 3 aromatic rings. The minimum atomic E-state index is 0.383. The molecule has 0 atom stereocenters. The Morgan fingerprint density at radius 3 is 2.96 bits per heavy atom. The first kappa shape index (κ1) is 14.8. The number of fused-ring (bicyclic) bond motifs is 1. The van der Waals surface area contributed by atoms with Gasteiger partial charge in [0.05, 0.1) is 28.2 Å². The number of nitrogens with one attached hydrogen (secondary N) is 2. The molecule has 7 nitrogen and oxygen atoms in total. The van der Waals surface area contributed by atoms with Crippen LogP contribution < -0.4 is 5.32 Å². The highest BCUT2D eigenvalue weighted by Gasteiger charge is 2.15. The number of aryl methyl sites for hydroxylation is 1. The Bertz CT molecular complexity index is 984. The lowest BCUT2D eigenvalue weighted by molar-refractivity contribution is 0.388. The van der Waals surface area contributed by atoms with Gasteiger partial charge in [-0.3, -0.25) is 5.10 Å². The van der Waals surface area contributed by atoms with Crippen molar-refractivity contribution in [2.75, 3.05) is 5.32 Å². The van der Waals surface area contributed by atoms with Gasteiger partial charge >= 0.3 is 0 Å². The van der Waals surface area contributed by atoms with Crippen molar-refractivity contribution in [3.63, 3.8) is 0 Å². The molecule has 0 saturated carbocycles. The largest absolute Gasteiger partial charge is 0.512 e. The summed E-state index contributed by atoms with van der Waals surface area (Å²) < 4.78 is 1.67. The van der Waals surface area contributed by atoms with E-state index >= 15 is 0 Å². The number of allylic oxidation sites excluding steroid dienone is 4. The molecule has 24 heavy (non-hydrogen) atoms. The molecule has 0 fully saturated rings. The minimum Gasteiger partial charge on any atom is -0.512 e. The van der Waals surface area contributed by atoms with Gasteiger partial charge in [-0.2, -0.15) is 10.1 Å². The van der Waals surface area contributed by atoms with Gasteiger partial charge in [0.25, 0.3) is 0 Å². The fourth-order valence-electron chi connectivity index (χ4n) is 2.64. The number of anilines is 2. The van der Waals surface area contributed by atoms with Crippen LogP contribution in [0.3, 0.4) is 0 Å². The van der Waals surface area contributed by atoms with E-state index in [1.54, 1.807) is 17.0 Å². The second kappa shape index (κ2) is 5.68. The molecule has 0 amide bonds. The van der Waals surface area contributed by atoms with Crippen LogP contribution in [0, 0.1) is 0 Å². The van der Waals surface area contributed by atoms with Crippen LogP contribution in [0.25, 0.3) is 16.5 Å². The first-order valence-electron chi connectivity index (χ1n) is 7.50. The molecule has 0 unspecified atom stereocenters. The number of aliphatic hydroxyl groups is 1. The van der Waals surface area contributed by atoms with Crippen LogP contribution in [0.4, 0.5) is 11.6 Å². The summed E-state index contributed by atoms with van der Waals surface area (Å²) in [5.41, 5.74) is 2.61. The first-order valence-corrected chi connectivity index (χ1v) is 7.88. The molecule has 0 bridgehead atoms. The van der Waals surface area contributed by atoms with Crippen molar-refractivity contribution < 1.29 is 5.11 Å². The van der Waals surface area contributed by atoms with Gasteiger partial charge in [0.1, 0.15) is 0 Å². The molecule has 1 aliphatic rings. The summed E-state index contributed by atoms with van der Waals surface area (Å²) in [6.07, 6.45) is 6.55. The highest BCUT2D eigenvalue weighted by molar-refractivity contribution is 6.38. The Labute approximate surface area is 142 Å². The molecule has 1 aromatic carbocycles. The molecule has 0 aliphatic heterocycles. The molecule has 122 valence electrons. The van der Waals surface area contributed by atoms with Crippen molar-refractivity contribution in [2.24, 2.45) is 7.05 Å². The van der Waals surface area contributed by atoms with E-state index in [4.69, 9.17) is 11.6 Å². The molecule has 3 N–H and O–H groups in total. The van der Waals surface area contributed by atoms with Crippen LogP contribution in [0.5, 0.6) is 0 Å². The number of aliphatic hydroxyl groups excluding tert-OH is 1. The van der Waals surface area contributed by atoms with Gasteiger partial charge in [-0.05, 0) is 30.2 Å². The third kappa shape index (κ3) is 2.52. The lowest BCUT2D eigenvalue weighted by Crippen LogP contribution is -2.00. The maximum atomic E-state index is 9.46. The highest BCUT2D eigenvalue weighted by Crippen LogP contribution is 2.32. The van der Waals surface area contributed by atoms with Crippen LogP contribution in [0.15, 0.2) is 36.2 Å². The van der Waals surface area contributed by atoms with E-state index < -0.39 is 0 Å². The van der Waals surface area contributed by atoms with Crippen LogP contribution in [-0.4, -0.2) is 30.1 Å². The monoisotopic (exact) mass is 342 g/mol. The van der Waals surface area contributed by atoms with Crippen molar-refractivity contribution in [3.8, 4) is 0 Å². The quantitative estimate of drug-likeness (QED) is 0.675. The second-order valence-electron chi connectivity index (χ2n) is 5.62. The topological polar surface area (TPSA) is 91.6 Å². The van der Waals surface area contributed by atoms with Crippen molar-refractivity contribution >= 4 is 39.7 Å². The zero-order valence-corrected chi connectivity index (χ0v) is 13.7. The lowest BCUT2D eigenvalue weighted by Gasteiger charge is -2.07. The van der Waals surface area contributed by atoms with Crippen molar-refractivity contribution in [2.45, 2.75) is 12.8 Å². The predicted octanol–water partition coefficient (Wildman–Crippen LogP) is 3.71. The molecular formula is C16H15ClN6O.